The van der Waals surface area contributed by atoms with E-state index in [1.54, 1.807) is 18.5 Å². The Labute approximate surface area is 175 Å². The van der Waals surface area contributed by atoms with E-state index in [-0.39, 0.29) is 5.91 Å². The van der Waals surface area contributed by atoms with E-state index in [4.69, 9.17) is 11.6 Å². The van der Waals surface area contributed by atoms with E-state index >= 15 is 0 Å². The van der Waals surface area contributed by atoms with Crippen molar-refractivity contribution in [2.24, 2.45) is 0 Å². The fourth-order valence-corrected chi connectivity index (χ4v) is 3.67. The molecule has 4 aromatic rings. The van der Waals surface area contributed by atoms with Gasteiger partial charge in [0.1, 0.15) is 12.1 Å². The van der Waals surface area contributed by atoms with Crippen LogP contribution in [0.5, 0.6) is 0 Å². The highest BCUT2D eigenvalue weighted by Gasteiger charge is 2.09. The van der Waals surface area contributed by atoms with Gasteiger partial charge in [-0.15, -0.1) is 0 Å². The van der Waals surface area contributed by atoms with Crippen molar-refractivity contribution in [2.45, 2.75) is 10.1 Å². The van der Waals surface area contributed by atoms with Crippen LogP contribution in [0.2, 0.25) is 5.02 Å². The maximum atomic E-state index is 11.6. The summed E-state index contributed by atoms with van der Waals surface area (Å²) in [6, 6.07) is 11.0. The Balaban J connectivity index is 1.61. The molecule has 2 aromatic heterocycles. The summed E-state index contributed by atoms with van der Waals surface area (Å²) in [5.74, 6) is 0.319. The summed E-state index contributed by atoms with van der Waals surface area (Å²) in [5, 5.41) is 8.13. The van der Waals surface area contributed by atoms with Crippen LogP contribution in [0.15, 0.2) is 77.8 Å². The van der Waals surface area contributed by atoms with Gasteiger partial charge in [0, 0.05) is 34.1 Å². The summed E-state index contributed by atoms with van der Waals surface area (Å²) in [5.41, 5.74) is 2.15. The average molecular weight is 423 g/mol. The number of hydrogen-bond acceptors (Lipinski definition) is 6. The number of aromatic nitrogens is 4. The molecular weight excluding hydrogens is 408 g/mol. The van der Waals surface area contributed by atoms with Gasteiger partial charge in [-0.25, -0.2) is 15.0 Å². The summed E-state index contributed by atoms with van der Waals surface area (Å²) in [6.45, 7) is 3.46. The third kappa shape index (κ3) is 4.39. The van der Waals surface area contributed by atoms with E-state index in [0.29, 0.717) is 16.5 Å². The predicted molar refractivity (Wildman–Crippen MR) is 116 cm³/mol. The number of imidazole rings is 1. The highest BCUT2D eigenvalue weighted by molar-refractivity contribution is 7.99. The van der Waals surface area contributed by atoms with Gasteiger partial charge in [0.15, 0.2) is 5.16 Å². The zero-order chi connectivity index (χ0) is 20.2. The van der Waals surface area contributed by atoms with Gasteiger partial charge in [0.25, 0.3) is 0 Å². The predicted octanol–water partition coefficient (Wildman–Crippen LogP) is 5.03. The quantitative estimate of drug-likeness (QED) is 0.377. The lowest BCUT2D eigenvalue weighted by atomic mass is 10.2. The summed E-state index contributed by atoms with van der Waals surface area (Å²) in [7, 11) is 0. The van der Waals surface area contributed by atoms with Crippen LogP contribution in [0.25, 0.3) is 10.9 Å². The largest absolute Gasteiger partial charge is 0.340 e. The molecule has 2 heterocycles. The van der Waals surface area contributed by atoms with Crippen molar-refractivity contribution in [3.05, 3.63) is 72.8 Å². The number of carbonyl (C=O) groups is 1. The third-order valence-electron chi connectivity index (χ3n) is 3.96. The molecule has 4 rings (SSSR count). The molecule has 0 aliphatic carbocycles. The third-order valence-corrected chi connectivity index (χ3v) is 5.38. The lowest BCUT2D eigenvalue weighted by Crippen LogP contribution is -2.07. The van der Waals surface area contributed by atoms with Crippen molar-refractivity contribution in [3.8, 4) is 0 Å². The van der Waals surface area contributed by atoms with Crippen LogP contribution in [0, 0.1) is 0 Å². The topological polar surface area (TPSA) is 95.6 Å². The number of rotatable bonds is 6. The Morgan fingerprint density at radius 2 is 2.00 bits per heavy atom. The summed E-state index contributed by atoms with van der Waals surface area (Å²) < 4.78 is 0. The highest BCUT2D eigenvalue weighted by Crippen LogP contribution is 2.34. The molecule has 0 atom stereocenters. The zero-order valence-corrected chi connectivity index (χ0v) is 16.6. The minimum absolute atomic E-state index is 0.285. The van der Waals surface area contributed by atoms with Crippen molar-refractivity contribution in [2.75, 3.05) is 10.6 Å². The fraction of sp³-hybridized carbons (Fsp3) is 0. The number of nitrogens with one attached hydrogen (secondary N) is 3. The second-order valence-corrected chi connectivity index (χ2v) is 7.35. The first-order chi connectivity index (χ1) is 14.1. The van der Waals surface area contributed by atoms with Crippen molar-refractivity contribution >= 4 is 57.4 Å². The summed E-state index contributed by atoms with van der Waals surface area (Å²) >= 11 is 7.89. The van der Waals surface area contributed by atoms with Gasteiger partial charge in [-0.1, -0.05) is 29.9 Å². The summed E-state index contributed by atoms with van der Waals surface area (Å²) in [6.07, 6.45) is 6.15. The Hall–Kier alpha value is -3.36. The van der Waals surface area contributed by atoms with Crippen LogP contribution in [-0.4, -0.2) is 25.8 Å². The SMILES string of the molecule is C=CC(=O)Nc1ccc2ncnc(Nc3ccc(Sc4ncc[nH]4)c(Cl)c3)c2c1. The van der Waals surface area contributed by atoms with Crippen molar-refractivity contribution in [1.29, 1.82) is 0 Å². The van der Waals surface area contributed by atoms with Gasteiger partial charge >= 0.3 is 0 Å². The van der Waals surface area contributed by atoms with Crippen LogP contribution in [0.4, 0.5) is 17.2 Å². The molecule has 0 radical (unpaired) electrons. The Morgan fingerprint density at radius 1 is 1.14 bits per heavy atom. The van der Waals surface area contributed by atoms with Crippen LogP contribution in [0.3, 0.4) is 0 Å². The minimum Gasteiger partial charge on any atom is -0.340 e. The maximum Gasteiger partial charge on any atom is 0.247 e. The molecule has 0 fully saturated rings. The molecule has 9 heteroatoms. The van der Waals surface area contributed by atoms with E-state index in [0.717, 1.165) is 26.6 Å². The van der Waals surface area contributed by atoms with Crippen LogP contribution in [-0.2, 0) is 4.79 Å². The molecule has 0 unspecified atom stereocenters. The molecular formula is C20H15ClN6OS. The number of fused-ring (bicyclic) bond motifs is 1. The lowest BCUT2D eigenvalue weighted by molar-refractivity contribution is -0.111. The number of carbonyl (C=O) groups excluding carboxylic acids is 1. The van der Waals surface area contributed by atoms with Gasteiger partial charge in [-0.2, -0.15) is 0 Å². The first-order valence-corrected chi connectivity index (χ1v) is 9.74. The smallest absolute Gasteiger partial charge is 0.247 e. The van der Waals surface area contributed by atoms with Crippen molar-refractivity contribution in [3.63, 3.8) is 0 Å². The standard InChI is InChI=1S/C20H15ClN6OS/c1-2-18(28)26-12-3-5-16-14(9-12)19(25-11-24-16)27-13-4-6-17(15(21)10-13)29-20-22-7-8-23-20/h2-11H,1H2,(H,22,23)(H,26,28)(H,24,25,27). The lowest BCUT2D eigenvalue weighted by Gasteiger charge is -2.11. The zero-order valence-electron chi connectivity index (χ0n) is 15.0. The first-order valence-electron chi connectivity index (χ1n) is 8.54. The summed E-state index contributed by atoms with van der Waals surface area (Å²) in [4.78, 5) is 28.3. The van der Waals surface area contributed by atoms with E-state index in [1.165, 1.54) is 24.2 Å². The normalized spacial score (nSPS) is 10.7. The Kier molecular flexibility index (Phi) is 5.46. The van der Waals surface area contributed by atoms with E-state index in [2.05, 4.69) is 37.1 Å². The molecule has 7 nitrogen and oxygen atoms in total. The van der Waals surface area contributed by atoms with E-state index in [9.17, 15) is 4.79 Å². The molecule has 0 bridgehead atoms. The van der Waals surface area contributed by atoms with Crippen LogP contribution in [0.1, 0.15) is 0 Å². The molecule has 0 aliphatic rings. The number of benzene rings is 2. The number of nitrogens with zero attached hydrogens (tertiary/aromatic N) is 3. The number of H-pyrrole nitrogens is 1. The van der Waals surface area contributed by atoms with Gasteiger partial charge in [-0.3, -0.25) is 4.79 Å². The second-order valence-electron chi connectivity index (χ2n) is 5.91. The average Bonchev–Trinajstić information content (AvgIpc) is 3.23. The van der Waals surface area contributed by atoms with Crippen molar-refractivity contribution in [1.82, 2.24) is 19.9 Å². The monoisotopic (exact) mass is 422 g/mol. The minimum atomic E-state index is -0.285. The number of aromatic amines is 1. The molecule has 1 amide bonds. The number of hydrogen-bond donors (Lipinski definition) is 3. The molecule has 0 spiro atoms. The first kappa shape index (κ1) is 19.0. The molecule has 0 aliphatic heterocycles. The molecule has 29 heavy (non-hydrogen) atoms. The van der Waals surface area contributed by atoms with E-state index in [1.807, 2.05) is 30.3 Å². The molecule has 2 aromatic carbocycles. The van der Waals surface area contributed by atoms with Gasteiger partial charge < -0.3 is 15.6 Å². The van der Waals surface area contributed by atoms with Gasteiger partial charge in [0.05, 0.1) is 10.5 Å². The van der Waals surface area contributed by atoms with Crippen LogP contribution < -0.4 is 10.6 Å². The molecule has 3 N–H and O–H groups in total. The fourth-order valence-electron chi connectivity index (χ4n) is 2.64. The molecule has 0 saturated heterocycles. The Bertz CT molecular complexity index is 1200. The van der Waals surface area contributed by atoms with Crippen molar-refractivity contribution < 1.29 is 4.79 Å². The maximum absolute atomic E-state index is 11.6. The second kappa shape index (κ2) is 8.34. The molecule has 0 saturated carbocycles. The van der Waals surface area contributed by atoms with Gasteiger partial charge in [0.2, 0.25) is 5.91 Å². The molecule has 144 valence electrons. The number of amides is 1. The van der Waals surface area contributed by atoms with Gasteiger partial charge in [-0.05, 0) is 42.5 Å². The number of halogens is 1. The highest BCUT2D eigenvalue weighted by atomic mass is 35.5. The Morgan fingerprint density at radius 3 is 2.76 bits per heavy atom. The van der Waals surface area contributed by atoms with E-state index < -0.39 is 0 Å². The van der Waals surface area contributed by atoms with Crippen LogP contribution >= 0.6 is 23.4 Å². The number of anilines is 3.